The van der Waals surface area contributed by atoms with Crippen molar-refractivity contribution in [3.8, 4) is 5.75 Å². The van der Waals surface area contributed by atoms with Crippen molar-refractivity contribution in [3.63, 3.8) is 0 Å². The Labute approximate surface area is 120 Å². The minimum atomic E-state index is -0.247. The summed E-state index contributed by atoms with van der Waals surface area (Å²) in [6.45, 7) is 5.95. The smallest absolute Gasteiger partial charge is 0.305 e. The van der Waals surface area contributed by atoms with Gasteiger partial charge in [0.2, 0.25) is 0 Å². The van der Waals surface area contributed by atoms with Crippen LogP contribution in [0.25, 0.3) is 0 Å². The lowest BCUT2D eigenvalue weighted by atomic mass is 9.98. The molecule has 0 unspecified atom stereocenters. The minimum absolute atomic E-state index is 0.0533. The molecule has 0 atom stereocenters. The van der Waals surface area contributed by atoms with Gasteiger partial charge in [-0.2, -0.15) is 0 Å². The molecule has 0 fully saturated rings. The first kappa shape index (κ1) is 16.2. The van der Waals surface area contributed by atoms with Crippen LogP contribution in [0.1, 0.15) is 47.7 Å². The van der Waals surface area contributed by atoms with Gasteiger partial charge in [0.15, 0.2) is 5.78 Å². The largest absolute Gasteiger partial charge is 0.496 e. The van der Waals surface area contributed by atoms with Gasteiger partial charge in [-0.1, -0.05) is 0 Å². The lowest BCUT2D eigenvalue weighted by molar-refractivity contribution is -0.143. The van der Waals surface area contributed by atoms with Gasteiger partial charge in [-0.15, -0.1) is 0 Å². The van der Waals surface area contributed by atoms with E-state index in [2.05, 4.69) is 0 Å². The Bertz CT molecular complexity index is 491. The topological polar surface area (TPSA) is 52.6 Å². The summed E-state index contributed by atoms with van der Waals surface area (Å²) in [6.07, 6.45) is 1.15. The zero-order valence-corrected chi connectivity index (χ0v) is 12.6. The maximum atomic E-state index is 12.2. The van der Waals surface area contributed by atoms with Gasteiger partial charge in [-0.3, -0.25) is 9.59 Å². The van der Waals surface area contributed by atoms with Crippen LogP contribution < -0.4 is 4.74 Å². The molecule has 0 radical (unpaired) electrons. The summed E-state index contributed by atoms with van der Waals surface area (Å²) in [5.41, 5.74) is 2.53. The van der Waals surface area contributed by atoms with Crippen molar-refractivity contribution in [2.24, 2.45) is 0 Å². The van der Waals surface area contributed by atoms with Crippen molar-refractivity contribution in [3.05, 3.63) is 28.8 Å². The molecule has 0 aliphatic carbocycles. The molecule has 1 aromatic rings. The zero-order valence-electron chi connectivity index (χ0n) is 12.6. The van der Waals surface area contributed by atoms with Crippen molar-refractivity contribution in [2.75, 3.05) is 13.7 Å². The van der Waals surface area contributed by atoms with Crippen LogP contribution in [0.15, 0.2) is 12.1 Å². The van der Waals surface area contributed by atoms with E-state index in [0.29, 0.717) is 25.0 Å². The Morgan fingerprint density at radius 1 is 1.10 bits per heavy atom. The molecule has 1 rings (SSSR count). The Morgan fingerprint density at radius 2 is 1.80 bits per heavy atom. The van der Waals surface area contributed by atoms with Crippen molar-refractivity contribution >= 4 is 11.8 Å². The summed E-state index contributed by atoms with van der Waals surface area (Å²) in [6, 6.07) is 3.72. The van der Waals surface area contributed by atoms with Crippen molar-refractivity contribution < 1.29 is 19.1 Å². The van der Waals surface area contributed by atoms with Crippen LogP contribution in [0, 0.1) is 13.8 Å². The molecule has 4 nitrogen and oxygen atoms in total. The van der Waals surface area contributed by atoms with Crippen LogP contribution in [-0.4, -0.2) is 25.5 Å². The fourth-order valence-electron chi connectivity index (χ4n) is 2.07. The van der Waals surface area contributed by atoms with Gasteiger partial charge in [0.1, 0.15) is 5.75 Å². The first-order chi connectivity index (χ1) is 9.49. The quantitative estimate of drug-likeness (QED) is 0.567. The number of hydrogen-bond acceptors (Lipinski definition) is 4. The first-order valence-corrected chi connectivity index (χ1v) is 6.83. The van der Waals surface area contributed by atoms with E-state index in [4.69, 9.17) is 9.47 Å². The maximum absolute atomic E-state index is 12.2. The molecule has 0 spiro atoms. The summed E-state index contributed by atoms with van der Waals surface area (Å²) >= 11 is 0. The number of benzene rings is 1. The predicted octanol–water partition coefficient (Wildman–Crippen LogP) is 3.23. The Balaban J connectivity index is 2.64. The Kier molecular flexibility index (Phi) is 6.22. The van der Waals surface area contributed by atoms with Gasteiger partial charge in [0.25, 0.3) is 0 Å². The highest BCUT2D eigenvalue weighted by atomic mass is 16.5. The molecule has 1 aromatic carbocycles. The molecule has 0 amide bonds. The number of hydrogen-bond donors (Lipinski definition) is 0. The molecule has 0 saturated carbocycles. The second-order valence-electron chi connectivity index (χ2n) is 4.72. The molecular weight excluding hydrogens is 256 g/mol. The van der Waals surface area contributed by atoms with Crippen molar-refractivity contribution in [1.82, 2.24) is 0 Å². The SMILES string of the molecule is CCOC(=O)CCCC(=O)c1cc(C)c(OC)cc1C. The molecular formula is C16H22O4. The van der Waals surface area contributed by atoms with E-state index >= 15 is 0 Å². The van der Waals surface area contributed by atoms with Gasteiger partial charge in [-0.05, 0) is 50.5 Å². The third kappa shape index (κ3) is 4.37. The van der Waals surface area contributed by atoms with Crippen LogP contribution in [-0.2, 0) is 9.53 Å². The van der Waals surface area contributed by atoms with Crippen LogP contribution in [0.3, 0.4) is 0 Å². The number of carbonyl (C=O) groups excluding carboxylic acids is 2. The Hall–Kier alpha value is -1.84. The number of ether oxygens (including phenoxy) is 2. The molecule has 0 aromatic heterocycles. The van der Waals surface area contributed by atoms with Crippen LogP contribution in [0.2, 0.25) is 0 Å². The normalized spacial score (nSPS) is 10.2. The zero-order chi connectivity index (χ0) is 15.1. The lowest BCUT2D eigenvalue weighted by Gasteiger charge is -2.10. The fraction of sp³-hybridized carbons (Fsp3) is 0.500. The summed E-state index contributed by atoms with van der Waals surface area (Å²) in [4.78, 5) is 23.4. The number of Topliss-reactive ketones (excluding diaryl/α,β-unsaturated/α-hetero) is 1. The van der Waals surface area contributed by atoms with E-state index in [-0.39, 0.29) is 18.2 Å². The number of ketones is 1. The van der Waals surface area contributed by atoms with E-state index in [1.807, 2.05) is 26.0 Å². The predicted molar refractivity (Wildman–Crippen MR) is 77.3 cm³/mol. The van der Waals surface area contributed by atoms with Gasteiger partial charge in [-0.25, -0.2) is 0 Å². The van der Waals surface area contributed by atoms with Crippen molar-refractivity contribution in [1.29, 1.82) is 0 Å². The number of esters is 1. The highest BCUT2D eigenvalue weighted by molar-refractivity contribution is 5.98. The third-order valence-electron chi connectivity index (χ3n) is 3.13. The van der Waals surface area contributed by atoms with E-state index < -0.39 is 0 Å². The standard InChI is InChI=1S/C16H22O4/c1-5-20-16(18)8-6-7-14(17)13-9-12(3)15(19-4)10-11(13)2/h9-10H,5-8H2,1-4H3. The molecule has 0 N–H and O–H groups in total. The average Bonchev–Trinajstić information content (AvgIpc) is 2.41. The average molecular weight is 278 g/mol. The molecule has 4 heteroatoms. The molecule has 0 bridgehead atoms. The number of methoxy groups -OCH3 is 1. The van der Waals surface area contributed by atoms with Gasteiger partial charge < -0.3 is 9.47 Å². The highest BCUT2D eigenvalue weighted by Gasteiger charge is 2.13. The van der Waals surface area contributed by atoms with E-state index in [1.165, 1.54) is 0 Å². The number of carbonyl (C=O) groups is 2. The number of rotatable bonds is 7. The minimum Gasteiger partial charge on any atom is -0.496 e. The molecule has 20 heavy (non-hydrogen) atoms. The fourth-order valence-corrected chi connectivity index (χ4v) is 2.07. The van der Waals surface area contributed by atoms with Gasteiger partial charge >= 0.3 is 5.97 Å². The summed E-state index contributed by atoms with van der Waals surface area (Å²) in [5, 5.41) is 0. The highest BCUT2D eigenvalue weighted by Crippen LogP contribution is 2.23. The van der Waals surface area contributed by atoms with E-state index in [9.17, 15) is 9.59 Å². The van der Waals surface area contributed by atoms with E-state index in [0.717, 1.165) is 16.9 Å². The number of aryl methyl sites for hydroxylation is 2. The second kappa shape index (κ2) is 7.68. The second-order valence-corrected chi connectivity index (χ2v) is 4.72. The lowest BCUT2D eigenvalue weighted by Crippen LogP contribution is -2.07. The summed E-state index contributed by atoms with van der Waals surface area (Å²) < 4.78 is 10.1. The summed E-state index contributed by atoms with van der Waals surface area (Å²) in [7, 11) is 1.61. The van der Waals surface area contributed by atoms with Crippen LogP contribution in [0.5, 0.6) is 5.75 Å². The molecule has 0 aliphatic heterocycles. The van der Waals surface area contributed by atoms with Crippen LogP contribution >= 0.6 is 0 Å². The maximum Gasteiger partial charge on any atom is 0.305 e. The summed E-state index contributed by atoms with van der Waals surface area (Å²) in [5.74, 6) is 0.589. The third-order valence-corrected chi connectivity index (χ3v) is 3.13. The van der Waals surface area contributed by atoms with Crippen LogP contribution in [0.4, 0.5) is 0 Å². The van der Waals surface area contributed by atoms with Crippen molar-refractivity contribution in [2.45, 2.75) is 40.0 Å². The molecule has 0 aliphatic rings. The monoisotopic (exact) mass is 278 g/mol. The Morgan fingerprint density at radius 3 is 2.40 bits per heavy atom. The van der Waals surface area contributed by atoms with Gasteiger partial charge in [0.05, 0.1) is 13.7 Å². The van der Waals surface area contributed by atoms with Gasteiger partial charge in [0, 0.05) is 18.4 Å². The molecule has 0 saturated heterocycles. The molecule has 0 heterocycles. The first-order valence-electron chi connectivity index (χ1n) is 6.83. The molecule has 110 valence electrons. The van der Waals surface area contributed by atoms with E-state index in [1.54, 1.807) is 14.0 Å².